The second kappa shape index (κ2) is 11.4. The molecule has 0 heterocycles. The van der Waals surface area contributed by atoms with Crippen LogP contribution in [-0.2, 0) is 19.5 Å². The van der Waals surface area contributed by atoms with E-state index in [0.717, 1.165) is 22.3 Å². The Hall–Kier alpha value is -0.677. The summed E-state index contributed by atoms with van der Waals surface area (Å²) in [6.45, 7) is 22.5. The van der Waals surface area contributed by atoms with Crippen LogP contribution in [0.1, 0.15) is 27.7 Å². The molecule has 0 amide bonds. The van der Waals surface area contributed by atoms with Crippen LogP contribution in [0.2, 0.25) is 0 Å². The van der Waals surface area contributed by atoms with E-state index in [1.807, 2.05) is 39.8 Å². The molecule has 0 saturated heterocycles. The van der Waals surface area contributed by atoms with Gasteiger partial charge in [0.15, 0.2) is 0 Å². The summed E-state index contributed by atoms with van der Waals surface area (Å²) in [7, 11) is 0. The van der Waals surface area contributed by atoms with Crippen LogP contribution < -0.4 is 0 Å². The molecule has 0 aliphatic carbocycles. The summed E-state index contributed by atoms with van der Waals surface area (Å²) in [4.78, 5) is 0. The zero-order valence-electron chi connectivity index (χ0n) is 10.3. The van der Waals surface area contributed by atoms with Crippen molar-refractivity contribution in [2.75, 3.05) is 0 Å². The minimum atomic E-state index is 0. The van der Waals surface area contributed by atoms with E-state index in [-0.39, 0.29) is 19.5 Å². The van der Waals surface area contributed by atoms with Gasteiger partial charge in [-0.3, -0.25) is 0 Å². The molecule has 0 aromatic carbocycles. The number of hydrogen-bond acceptors (Lipinski definition) is 0. The predicted molar refractivity (Wildman–Crippen MR) is 67.9 cm³/mol. The van der Waals surface area contributed by atoms with Crippen molar-refractivity contribution in [3.8, 4) is 0 Å². The van der Waals surface area contributed by atoms with Gasteiger partial charge in [0, 0.05) is 0 Å². The first-order valence-electron chi connectivity index (χ1n) is 4.57. The molecule has 0 saturated carbocycles. The van der Waals surface area contributed by atoms with E-state index < -0.39 is 0 Å². The Morgan fingerprint density at radius 1 is 0.800 bits per heavy atom. The quantitative estimate of drug-likeness (QED) is 0.393. The molecule has 0 nitrogen and oxygen atoms in total. The van der Waals surface area contributed by atoms with E-state index >= 15 is 0 Å². The minimum absolute atomic E-state index is 0. The molecule has 0 radical (unpaired) electrons. The van der Waals surface area contributed by atoms with Crippen molar-refractivity contribution in [2.45, 2.75) is 27.7 Å². The van der Waals surface area contributed by atoms with Crippen LogP contribution >= 0.6 is 0 Å². The van der Waals surface area contributed by atoms with Crippen LogP contribution in [0.5, 0.6) is 0 Å². The van der Waals surface area contributed by atoms with Gasteiger partial charge < -0.3 is 0 Å². The Bertz CT molecular complexity index is 219. The van der Waals surface area contributed by atoms with Gasteiger partial charge in [0.2, 0.25) is 0 Å². The molecule has 0 spiro atoms. The minimum Gasteiger partial charge on any atom is -0.242 e. The summed E-state index contributed by atoms with van der Waals surface area (Å²) in [6, 6.07) is 0. The third-order valence-electron chi connectivity index (χ3n) is 0.986. The number of hydrogen-bond donors (Lipinski definition) is 0. The smallest absolute Gasteiger partial charge is 0.242 e. The summed E-state index contributed by atoms with van der Waals surface area (Å²) >= 11 is 0. The van der Waals surface area contributed by atoms with Crippen molar-refractivity contribution >= 4 is 0 Å². The Morgan fingerprint density at radius 2 is 1.00 bits per heavy atom. The van der Waals surface area contributed by atoms with Gasteiger partial charge in [-0.05, 0) is 0 Å². The number of rotatable bonds is 2. The van der Waals surface area contributed by atoms with Crippen molar-refractivity contribution in [2.24, 2.45) is 0 Å². The fraction of sp³-hybridized carbons (Fsp3) is 0.286. The normalized spacial score (nSPS) is 10.7. The molecule has 0 atom stereocenters. The molecule has 15 heavy (non-hydrogen) atoms. The molecule has 0 aliphatic rings. The van der Waals surface area contributed by atoms with Crippen LogP contribution in [-0.4, -0.2) is 0 Å². The second-order valence-corrected chi connectivity index (χ2v) is 3.67. The fourth-order valence-corrected chi connectivity index (χ4v) is 0.841. The van der Waals surface area contributed by atoms with Gasteiger partial charge in [-0.1, -0.05) is 27.7 Å². The Morgan fingerprint density at radius 3 is 1.00 bits per heavy atom. The summed E-state index contributed by atoms with van der Waals surface area (Å²) in [5.74, 6) is 0. The van der Waals surface area contributed by atoms with E-state index in [0.29, 0.717) is 0 Å². The molecule has 0 rings (SSSR count). The first kappa shape index (κ1) is 19.8. The topological polar surface area (TPSA) is 0 Å². The van der Waals surface area contributed by atoms with Crippen molar-refractivity contribution in [3.05, 3.63) is 61.4 Å². The molecular formula is C14H22Ru. The predicted octanol–water partition coefficient (Wildman–Crippen LogP) is 4.68. The molecule has 86 valence electrons. The zero-order chi connectivity index (χ0) is 11.7. The van der Waals surface area contributed by atoms with Gasteiger partial charge in [0.25, 0.3) is 0 Å². The summed E-state index contributed by atoms with van der Waals surface area (Å²) in [6.07, 6.45) is 3.89. The Labute approximate surface area is 109 Å². The molecule has 0 N–H and O–H groups in total. The third kappa shape index (κ3) is 31.9. The molecule has 0 aliphatic heterocycles. The molecule has 0 bridgehead atoms. The summed E-state index contributed by atoms with van der Waals surface area (Å²) in [5, 5.41) is 0. The van der Waals surface area contributed by atoms with Crippen LogP contribution in [0.15, 0.2) is 47.6 Å². The van der Waals surface area contributed by atoms with Gasteiger partial charge >= 0.3 is 19.5 Å². The molecule has 0 aromatic rings. The van der Waals surface area contributed by atoms with Gasteiger partial charge in [-0.25, -0.2) is 37.1 Å². The van der Waals surface area contributed by atoms with E-state index in [1.165, 1.54) is 0 Å². The number of allylic oxidation sites excluding steroid dienone is 6. The van der Waals surface area contributed by atoms with Crippen molar-refractivity contribution in [1.82, 2.24) is 0 Å². The Kier molecular flexibility index (Phi) is 15.1. The molecular weight excluding hydrogens is 269 g/mol. The Balaban J connectivity index is -0.000000180. The first-order valence-corrected chi connectivity index (χ1v) is 4.57. The van der Waals surface area contributed by atoms with Crippen LogP contribution in [0.4, 0.5) is 0 Å². The maximum atomic E-state index is 3.68. The molecule has 0 unspecified atom stereocenters. The van der Waals surface area contributed by atoms with Gasteiger partial charge in [0.05, 0.1) is 0 Å². The summed E-state index contributed by atoms with van der Waals surface area (Å²) in [5.41, 5.74) is 4.25. The first-order chi connectivity index (χ1) is 6.25. The standard InChI is InChI=1S/2C7H11.Ru/c2*1-6(2)5-7(3)4;/h2*5H,1,3H2,2,4H3;/q2*-1;+2/b2*6-5-;. The van der Waals surface area contributed by atoms with Gasteiger partial charge in [-0.15, -0.1) is 24.3 Å². The van der Waals surface area contributed by atoms with Gasteiger partial charge in [0.1, 0.15) is 0 Å². The van der Waals surface area contributed by atoms with Crippen molar-refractivity contribution < 1.29 is 19.5 Å². The fourth-order valence-electron chi connectivity index (χ4n) is 0.841. The van der Waals surface area contributed by atoms with Crippen LogP contribution in [0, 0.1) is 13.8 Å². The monoisotopic (exact) mass is 292 g/mol. The van der Waals surface area contributed by atoms with E-state index in [2.05, 4.69) is 27.0 Å². The molecule has 0 aromatic heterocycles. The molecule has 0 fully saturated rings. The maximum absolute atomic E-state index is 3.68. The average Bonchev–Trinajstić information content (AvgIpc) is 1.79. The van der Waals surface area contributed by atoms with Gasteiger partial charge in [-0.2, -0.15) is 0 Å². The van der Waals surface area contributed by atoms with Crippen LogP contribution in [0.25, 0.3) is 0 Å². The largest absolute Gasteiger partial charge is 2.00 e. The average molecular weight is 291 g/mol. The summed E-state index contributed by atoms with van der Waals surface area (Å²) < 4.78 is 0. The van der Waals surface area contributed by atoms with E-state index in [1.54, 1.807) is 0 Å². The SMILES string of the molecule is C=C(C)/C=C(/[CH2-])C.C=C(C)/C=C(/[CH2-])C.[Ru+2]. The van der Waals surface area contributed by atoms with E-state index in [9.17, 15) is 0 Å². The van der Waals surface area contributed by atoms with Crippen LogP contribution in [0.3, 0.4) is 0 Å². The van der Waals surface area contributed by atoms with Crippen molar-refractivity contribution in [3.63, 3.8) is 0 Å². The second-order valence-electron chi connectivity index (χ2n) is 3.67. The third-order valence-corrected chi connectivity index (χ3v) is 0.986. The molecule has 1 heteroatoms. The maximum Gasteiger partial charge on any atom is 2.00 e. The van der Waals surface area contributed by atoms with Crippen molar-refractivity contribution in [1.29, 1.82) is 0 Å². The van der Waals surface area contributed by atoms with E-state index in [4.69, 9.17) is 0 Å². The zero-order valence-corrected chi connectivity index (χ0v) is 12.1.